The summed E-state index contributed by atoms with van der Waals surface area (Å²) in [5.41, 5.74) is 0.958. The van der Waals surface area contributed by atoms with E-state index in [1.54, 1.807) is 19.1 Å². The van der Waals surface area contributed by atoms with Crippen molar-refractivity contribution in [3.63, 3.8) is 0 Å². The maximum Gasteiger partial charge on any atom is 0.131 e. The summed E-state index contributed by atoms with van der Waals surface area (Å²) in [4.78, 5) is 13.8. The van der Waals surface area contributed by atoms with Gasteiger partial charge in [0.1, 0.15) is 23.5 Å². The molecule has 2 heterocycles. The number of halogens is 1. The molecule has 1 saturated heterocycles. The van der Waals surface area contributed by atoms with Gasteiger partial charge in [-0.1, -0.05) is 6.42 Å². The highest BCUT2D eigenvalue weighted by Gasteiger charge is 2.30. The van der Waals surface area contributed by atoms with Crippen molar-refractivity contribution in [2.75, 3.05) is 13.1 Å². The molecule has 21 heavy (non-hydrogen) atoms. The number of ketones is 1. The van der Waals surface area contributed by atoms with E-state index in [0.717, 1.165) is 37.2 Å². The van der Waals surface area contributed by atoms with Crippen molar-refractivity contribution in [2.24, 2.45) is 0 Å². The standard InChI is InChI=1S/C17H22FNO2/c1-12(20)8-15-4-2-3-7-19(15)11-16-10-13-9-14(18)5-6-17(13)21-16/h5-6,9,15-16H,2-4,7-8,10-11H2,1H3. The van der Waals surface area contributed by atoms with Crippen LogP contribution in [0.1, 0.15) is 38.2 Å². The van der Waals surface area contributed by atoms with Gasteiger partial charge >= 0.3 is 0 Å². The van der Waals surface area contributed by atoms with Crippen LogP contribution in [-0.4, -0.2) is 35.9 Å². The number of likely N-dealkylation sites (tertiary alicyclic amines) is 1. The number of carbonyl (C=O) groups excluding carboxylic acids is 1. The van der Waals surface area contributed by atoms with Crippen LogP contribution in [0.15, 0.2) is 18.2 Å². The Morgan fingerprint density at radius 1 is 1.43 bits per heavy atom. The minimum absolute atomic E-state index is 0.0781. The van der Waals surface area contributed by atoms with Gasteiger partial charge in [0.25, 0.3) is 0 Å². The van der Waals surface area contributed by atoms with Crippen LogP contribution in [0.3, 0.4) is 0 Å². The van der Waals surface area contributed by atoms with Gasteiger partial charge < -0.3 is 4.74 Å². The lowest BCUT2D eigenvalue weighted by Crippen LogP contribution is -2.45. The van der Waals surface area contributed by atoms with E-state index in [4.69, 9.17) is 4.74 Å². The molecule has 0 spiro atoms. The average molecular weight is 291 g/mol. The molecule has 2 atom stereocenters. The third-order valence-electron chi connectivity index (χ3n) is 4.47. The third kappa shape index (κ3) is 3.43. The normalized spacial score (nSPS) is 25.4. The molecule has 2 aliphatic rings. The van der Waals surface area contributed by atoms with Crippen LogP contribution in [-0.2, 0) is 11.2 Å². The summed E-state index contributed by atoms with van der Waals surface area (Å²) in [6.07, 6.45) is 4.95. The Hall–Kier alpha value is -1.42. The van der Waals surface area contributed by atoms with Gasteiger partial charge in [-0.25, -0.2) is 4.39 Å². The molecular weight excluding hydrogens is 269 g/mol. The fourth-order valence-corrected chi connectivity index (χ4v) is 3.52. The van der Waals surface area contributed by atoms with E-state index >= 15 is 0 Å². The number of ether oxygens (including phenoxy) is 1. The Bertz CT molecular complexity index is 532. The van der Waals surface area contributed by atoms with Gasteiger partial charge in [0.2, 0.25) is 0 Å². The molecule has 0 aliphatic carbocycles. The van der Waals surface area contributed by atoms with Crippen molar-refractivity contribution >= 4 is 5.78 Å². The highest BCUT2D eigenvalue weighted by atomic mass is 19.1. The second-order valence-electron chi connectivity index (χ2n) is 6.25. The van der Waals surface area contributed by atoms with Crippen molar-refractivity contribution in [1.29, 1.82) is 0 Å². The van der Waals surface area contributed by atoms with E-state index in [0.29, 0.717) is 12.5 Å². The number of Topliss-reactive ketones (excluding diaryl/α,β-unsaturated/α-hetero) is 1. The largest absolute Gasteiger partial charge is 0.488 e. The average Bonchev–Trinajstić information content (AvgIpc) is 2.82. The molecule has 2 unspecified atom stereocenters. The Morgan fingerprint density at radius 2 is 2.29 bits per heavy atom. The van der Waals surface area contributed by atoms with Gasteiger partial charge in [-0.15, -0.1) is 0 Å². The summed E-state index contributed by atoms with van der Waals surface area (Å²) in [5, 5.41) is 0. The summed E-state index contributed by atoms with van der Waals surface area (Å²) < 4.78 is 19.2. The third-order valence-corrected chi connectivity index (χ3v) is 4.47. The molecule has 0 amide bonds. The van der Waals surface area contributed by atoms with E-state index in [9.17, 15) is 9.18 Å². The molecule has 114 valence electrons. The monoisotopic (exact) mass is 291 g/mol. The molecule has 0 bridgehead atoms. The van der Waals surface area contributed by atoms with Crippen LogP contribution < -0.4 is 4.74 Å². The lowest BCUT2D eigenvalue weighted by molar-refractivity contribution is -0.118. The second kappa shape index (κ2) is 6.14. The molecule has 1 fully saturated rings. The smallest absolute Gasteiger partial charge is 0.131 e. The summed E-state index contributed by atoms with van der Waals surface area (Å²) >= 11 is 0. The predicted molar refractivity (Wildman–Crippen MR) is 79.0 cm³/mol. The zero-order chi connectivity index (χ0) is 14.8. The molecule has 0 saturated carbocycles. The molecule has 0 N–H and O–H groups in total. The molecule has 0 radical (unpaired) electrons. The number of piperidine rings is 1. The van der Waals surface area contributed by atoms with Crippen LogP contribution in [0.4, 0.5) is 4.39 Å². The number of nitrogens with zero attached hydrogens (tertiary/aromatic N) is 1. The molecule has 0 aromatic heterocycles. The van der Waals surface area contributed by atoms with E-state index in [2.05, 4.69) is 4.90 Å². The minimum atomic E-state index is -0.203. The van der Waals surface area contributed by atoms with Gasteiger partial charge in [-0.2, -0.15) is 0 Å². The number of hydrogen-bond acceptors (Lipinski definition) is 3. The van der Waals surface area contributed by atoms with Gasteiger partial charge in [0.15, 0.2) is 0 Å². The quantitative estimate of drug-likeness (QED) is 0.854. The predicted octanol–water partition coefficient (Wildman–Crippen LogP) is 2.96. The highest BCUT2D eigenvalue weighted by molar-refractivity contribution is 5.76. The molecule has 2 aliphatic heterocycles. The van der Waals surface area contributed by atoms with E-state index in [-0.39, 0.29) is 17.7 Å². The fourth-order valence-electron chi connectivity index (χ4n) is 3.52. The van der Waals surface area contributed by atoms with Crippen molar-refractivity contribution in [3.05, 3.63) is 29.6 Å². The Kier molecular flexibility index (Phi) is 4.24. The summed E-state index contributed by atoms with van der Waals surface area (Å²) in [6, 6.07) is 5.08. The fraction of sp³-hybridized carbons (Fsp3) is 0.588. The zero-order valence-electron chi connectivity index (χ0n) is 12.5. The van der Waals surface area contributed by atoms with Crippen LogP contribution in [0.25, 0.3) is 0 Å². The summed E-state index contributed by atoms with van der Waals surface area (Å²) in [6.45, 7) is 3.52. The highest BCUT2D eigenvalue weighted by Crippen LogP contribution is 2.31. The molecule has 1 aromatic carbocycles. The Morgan fingerprint density at radius 3 is 3.10 bits per heavy atom. The van der Waals surface area contributed by atoms with Crippen molar-refractivity contribution in [2.45, 2.75) is 51.2 Å². The second-order valence-corrected chi connectivity index (χ2v) is 6.25. The Balaban J connectivity index is 1.62. The number of rotatable bonds is 4. The lowest BCUT2D eigenvalue weighted by atomic mass is 9.97. The maximum atomic E-state index is 13.2. The molecule has 3 rings (SSSR count). The van der Waals surface area contributed by atoms with Gasteiger partial charge in [-0.05, 0) is 44.5 Å². The first-order chi connectivity index (χ1) is 10.1. The SMILES string of the molecule is CC(=O)CC1CCCCN1CC1Cc2cc(F)ccc2O1. The first kappa shape index (κ1) is 14.5. The van der Waals surface area contributed by atoms with Crippen LogP contribution in [0.5, 0.6) is 5.75 Å². The van der Waals surface area contributed by atoms with Gasteiger partial charge in [0.05, 0.1) is 0 Å². The number of benzene rings is 1. The molecule has 4 heteroatoms. The van der Waals surface area contributed by atoms with E-state index in [1.165, 1.54) is 18.9 Å². The topological polar surface area (TPSA) is 29.5 Å². The molecule has 1 aromatic rings. The number of hydrogen-bond donors (Lipinski definition) is 0. The molecular formula is C17H22FNO2. The first-order valence-electron chi connectivity index (χ1n) is 7.80. The Labute approximate surface area is 125 Å². The van der Waals surface area contributed by atoms with Crippen LogP contribution in [0, 0.1) is 5.82 Å². The summed E-state index contributed by atoms with van der Waals surface area (Å²) in [7, 11) is 0. The first-order valence-corrected chi connectivity index (χ1v) is 7.80. The number of fused-ring (bicyclic) bond motifs is 1. The lowest BCUT2D eigenvalue weighted by Gasteiger charge is -2.36. The number of carbonyl (C=O) groups is 1. The summed E-state index contributed by atoms with van der Waals surface area (Å²) in [5.74, 6) is 0.858. The van der Waals surface area contributed by atoms with E-state index < -0.39 is 0 Å². The van der Waals surface area contributed by atoms with Gasteiger partial charge in [0, 0.05) is 31.0 Å². The van der Waals surface area contributed by atoms with Gasteiger partial charge in [-0.3, -0.25) is 9.69 Å². The minimum Gasteiger partial charge on any atom is -0.488 e. The van der Waals surface area contributed by atoms with Crippen LogP contribution in [0.2, 0.25) is 0 Å². The van der Waals surface area contributed by atoms with Crippen molar-refractivity contribution in [3.8, 4) is 5.75 Å². The molecule has 3 nitrogen and oxygen atoms in total. The van der Waals surface area contributed by atoms with Crippen molar-refractivity contribution in [1.82, 2.24) is 4.90 Å². The van der Waals surface area contributed by atoms with Crippen molar-refractivity contribution < 1.29 is 13.9 Å². The van der Waals surface area contributed by atoms with E-state index in [1.807, 2.05) is 0 Å². The maximum absolute atomic E-state index is 13.2. The zero-order valence-corrected chi connectivity index (χ0v) is 12.5. The van der Waals surface area contributed by atoms with Crippen LogP contribution >= 0.6 is 0 Å².